The minimum absolute atomic E-state index is 0.174. The number of halogens is 4. The van der Waals surface area contributed by atoms with Gasteiger partial charge in [0.15, 0.2) is 0 Å². The third-order valence-corrected chi connectivity index (χ3v) is 6.58. The molecule has 2 aromatic carbocycles. The molecule has 1 heterocycles. The largest absolute Gasteiger partial charge is 0.396 e. The average molecular weight is 477 g/mol. The van der Waals surface area contributed by atoms with Crippen LogP contribution in [0.4, 0.5) is 23.2 Å². The predicted octanol–water partition coefficient (Wildman–Crippen LogP) is 3.67. The van der Waals surface area contributed by atoms with E-state index in [1.165, 1.54) is 11.9 Å². The Bertz CT molecular complexity index is 1160. The molecule has 3 amide bonds. The van der Waals surface area contributed by atoms with Crippen molar-refractivity contribution in [2.45, 2.75) is 37.7 Å². The van der Waals surface area contributed by atoms with Gasteiger partial charge in [-0.15, -0.1) is 0 Å². The van der Waals surface area contributed by atoms with Crippen molar-refractivity contribution in [3.63, 3.8) is 0 Å². The van der Waals surface area contributed by atoms with Gasteiger partial charge in [-0.25, -0.2) is 4.39 Å². The minimum Gasteiger partial charge on any atom is -0.352 e. The Morgan fingerprint density at radius 2 is 1.59 bits per heavy atom. The van der Waals surface area contributed by atoms with Crippen LogP contribution >= 0.6 is 0 Å². The molecule has 0 bridgehead atoms. The number of fused-ring (bicyclic) bond motifs is 3. The smallest absolute Gasteiger partial charge is 0.352 e. The van der Waals surface area contributed by atoms with Gasteiger partial charge in [0.1, 0.15) is 6.04 Å². The topological polar surface area (TPSA) is 78.5 Å². The van der Waals surface area contributed by atoms with Crippen LogP contribution in [0.15, 0.2) is 48.5 Å². The Hall–Kier alpha value is -3.43. The lowest BCUT2D eigenvalue weighted by molar-refractivity contribution is -0.186. The van der Waals surface area contributed by atoms with Crippen molar-refractivity contribution in [1.29, 1.82) is 0 Å². The molecule has 2 aliphatic rings. The summed E-state index contributed by atoms with van der Waals surface area (Å²) in [6.45, 7) is -0.151. The number of benzene rings is 2. The molecule has 0 aromatic heterocycles. The van der Waals surface area contributed by atoms with Crippen LogP contribution < -0.4 is 15.5 Å². The summed E-state index contributed by atoms with van der Waals surface area (Å²) in [5.74, 6) is -3.48. The van der Waals surface area contributed by atoms with Crippen LogP contribution in [0.2, 0.25) is 0 Å². The molecule has 0 saturated heterocycles. The molecule has 4 rings (SSSR count). The molecular formula is C24H23F4N3O3. The number of hydrogen-bond acceptors (Lipinski definition) is 3. The van der Waals surface area contributed by atoms with E-state index in [0.29, 0.717) is 23.7 Å². The summed E-state index contributed by atoms with van der Waals surface area (Å²) in [6.07, 6.45) is -4.89. The van der Waals surface area contributed by atoms with Gasteiger partial charge in [0.05, 0.1) is 11.1 Å². The van der Waals surface area contributed by atoms with Crippen molar-refractivity contribution in [3.05, 3.63) is 54.1 Å². The monoisotopic (exact) mass is 477 g/mol. The highest BCUT2D eigenvalue weighted by atomic mass is 19.4. The van der Waals surface area contributed by atoms with Gasteiger partial charge in [-0.1, -0.05) is 42.5 Å². The molecule has 2 unspecified atom stereocenters. The molecule has 1 aliphatic heterocycles. The number of hydrogen-bond donors (Lipinski definition) is 2. The second-order valence-electron chi connectivity index (χ2n) is 8.87. The highest BCUT2D eigenvalue weighted by Crippen LogP contribution is 2.57. The van der Waals surface area contributed by atoms with Crippen LogP contribution in [-0.2, 0) is 14.4 Å². The van der Waals surface area contributed by atoms with E-state index < -0.39 is 47.6 Å². The van der Waals surface area contributed by atoms with Gasteiger partial charge in [-0.05, 0) is 37.0 Å². The van der Waals surface area contributed by atoms with Crippen molar-refractivity contribution in [3.8, 4) is 11.1 Å². The van der Waals surface area contributed by atoms with E-state index in [1.807, 2.05) is 11.4 Å². The van der Waals surface area contributed by atoms with E-state index in [9.17, 15) is 27.6 Å². The number of alkyl halides is 4. The van der Waals surface area contributed by atoms with E-state index >= 15 is 4.39 Å². The average Bonchev–Trinajstić information content (AvgIpc) is 3.61. The number of nitrogens with one attached hydrogen (secondary N) is 2. The van der Waals surface area contributed by atoms with E-state index in [4.69, 9.17) is 0 Å². The number of anilines is 1. The Labute approximate surface area is 193 Å². The van der Waals surface area contributed by atoms with Gasteiger partial charge in [0.2, 0.25) is 0 Å². The SMILES string of the molecule is CN1C(=O)C(NC(=O)C(C)(F)C(=O)NCC2(C(F)(F)F)CC2)c2ccccc2-c2ccccc21. The lowest BCUT2D eigenvalue weighted by Gasteiger charge is -2.27. The fourth-order valence-corrected chi connectivity index (χ4v) is 4.07. The first-order valence-corrected chi connectivity index (χ1v) is 10.7. The number of carbonyl (C=O) groups excluding carboxylic acids is 3. The van der Waals surface area contributed by atoms with Gasteiger partial charge in [0.25, 0.3) is 23.4 Å². The number of nitrogens with zero attached hydrogens (tertiary/aromatic N) is 1. The Kier molecular flexibility index (Phi) is 5.65. The Balaban J connectivity index is 1.57. The van der Waals surface area contributed by atoms with Gasteiger partial charge >= 0.3 is 6.18 Å². The fraction of sp³-hybridized carbons (Fsp3) is 0.375. The molecule has 1 saturated carbocycles. The molecule has 0 radical (unpaired) electrons. The number of amides is 3. The molecule has 1 aliphatic carbocycles. The summed E-state index contributed by atoms with van der Waals surface area (Å²) in [4.78, 5) is 39.8. The molecule has 2 atom stereocenters. The maximum atomic E-state index is 15.3. The maximum absolute atomic E-state index is 15.3. The summed E-state index contributed by atoms with van der Waals surface area (Å²) < 4.78 is 54.6. The third-order valence-electron chi connectivity index (χ3n) is 6.58. The summed E-state index contributed by atoms with van der Waals surface area (Å²) >= 11 is 0. The standard InChI is InChI=1S/C24H23F4N3O3/c1-22(25,20(33)29-13-23(11-12-23)24(26,27)28)21(34)30-18-16-9-4-3-7-14(16)15-8-5-6-10-17(15)31(2)19(18)32/h3-10,18H,11-13H2,1-2H3,(H,29,33)(H,30,34). The van der Waals surface area contributed by atoms with Crippen LogP contribution in [0.5, 0.6) is 0 Å². The van der Waals surface area contributed by atoms with Crippen LogP contribution in [-0.4, -0.2) is 43.2 Å². The molecule has 2 aromatic rings. The van der Waals surface area contributed by atoms with Crippen molar-refractivity contribution in [2.24, 2.45) is 5.41 Å². The summed E-state index contributed by atoms with van der Waals surface area (Å²) in [6, 6.07) is 12.6. The van der Waals surface area contributed by atoms with E-state index in [0.717, 1.165) is 5.56 Å². The number of para-hydroxylation sites is 1. The van der Waals surface area contributed by atoms with Gasteiger partial charge in [0, 0.05) is 19.2 Å². The highest BCUT2D eigenvalue weighted by Gasteiger charge is 2.63. The molecule has 34 heavy (non-hydrogen) atoms. The van der Waals surface area contributed by atoms with E-state index in [2.05, 4.69) is 5.32 Å². The zero-order valence-corrected chi connectivity index (χ0v) is 18.5. The molecular weight excluding hydrogens is 454 g/mol. The molecule has 0 spiro atoms. The van der Waals surface area contributed by atoms with Crippen LogP contribution in [0.1, 0.15) is 31.4 Å². The number of rotatable bonds is 5. The predicted molar refractivity (Wildman–Crippen MR) is 116 cm³/mol. The second-order valence-corrected chi connectivity index (χ2v) is 8.87. The number of likely N-dealkylation sites (N-methyl/N-ethyl adjacent to an activating group) is 1. The molecule has 10 heteroatoms. The van der Waals surface area contributed by atoms with Crippen LogP contribution in [0.3, 0.4) is 0 Å². The van der Waals surface area contributed by atoms with Crippen molar-refractivity contribution >= 4 is 23.4 Å². The first-order valence-electron chi connectivity index (χ1n) is 10.7. The normalized spacial score (nSPS) is 20.4. The Morgan fingerprint density at radius 3 is 2.21 bits per heavy atom. The first kappa shape index (κ1) is 23.7. The van der Waals surface area contributed by atoms with E-state index in [-0.39, 0.29) is 12.8 Å². The highest BCUT2D eigenvalue weighted by molar-refractivity contribution is 6.11. The maximum Gasteiger partial charge on any atom is 0.396 e. The summed E-state index contributed by atoms with van der Waals surface area (Å²) in [7, 11) is 1.51. The lowest BCUT2D eigenvalue weighted by atomic mass is 9.94. The Morgan fingerprint density at radius 1 is 1.00 bits per heavy atom. The van der Waals surface area contributed by atoms with Crippen LogP contribution in [0, 0.1) is 5.41 Å². The molecule has 6 nitrogen and oxygen atoms in total. The third kappa shape index (κ3) is 3.91. The summed E-state index contributed by atoms with van der Waals surface area (Å²) in [5, 5.41) is 4.23. The van der Waals surface area contributed by atoms with Gasteiger partial charge < -0.3 is 15.5 Å². The first-order chi connectivity index (χ1) is 15.9. The quantitative estimate of drug-likeness (QED) is 0.510. The molecule has 1 fully saturated rings. The van der Waals surface area contributed by atoms with Crippen molar-refractivity contribution in [2.75, 3.05) is 18.5 Å². The van der Waals surface area contributed by atoms with Gasteiger partial charge in [-0.3, -0.25) is 14.4 Å². The van der Waals surface area contributed by atoms with E-state index in [1.54, 1.807) is 42.5 Å². The van der Waals surface area contributed by atoms with Gasteiger partial charge in [-0.2, -0.15) is 13.2 Å². The number of carbonyl (C=O) groups is 3. The van der Waals surface area contributed by atoms with Crippen LogP contribution in [0.25, 0.3) is 11.1 Å². The minimum atomic E-state index is -4.54. The molecule has 2 N–H and O–H groups in total. The zero-order chi connectivity index (χ0) is 24.9. The van der Waals surface area contributed by atoms with Crippen molar-refractivity contribution < 1.29 is 31.9 Å². The van der Waals surface area contributed by atoms with Crippen molar-refractivity contribution in [1.82, 2.24) is 10.6 Å². The second kappa shape index (κ2) is 8.11. The fourth-order valence-electron chi connectivity index (χ4n) is 4.07. The zero-order valence-electron chi connectivity index (χ0n) is 18.5. The lowest BCUT2D eigenvalue weighted by Crippen LogP contribution is -2.55. The summed E-state index contributed by atoms with van der Waals surface area (Å²) in [5.41, 5.74) is -2.92. The molecule has 180 valence electrons.